The summed E-state index contributed by atoms with van der Waals surface area (Å²) in [6.45, 7) is 0. The molecule has 1 saturated heterocycles. The van der Waals surface area contributed by atoms with Crippen molar-refractivity contribution in [3.63, 3.8) is 0 Å². The minimum Gasteiger partial charge on any atom is -0.378 e. The number of rotatable bonds is 5. The Morgan fingerprint density at radius 1 is 1.18 bits per heavy atom. The Morgan fingerprint density at radius 3 is 2.50 bits per heavy atom. The van der Waals surface area contributed by atoms with Crippen molar-refractivity contribution in [2.45, 2.75) is 0 Å². The van der Waals surface area contributed by atoms with E-state index in [-0.39, 0.29) is 10.0 Å². The highest BCUT2D eigenvalue weighted by atomic mass is 32.2. The molecule has 0 atom stereocenters. The van der Waals surface area contributed by atoms with Crippen LogP contribution >= 0.6 is 24.0 Å². The lowest BCUT2D eigenvalue weighted by Crippen LogP contribution is -2.22. The van der Waals surface area contributed by atoms with Gasteiger partial charge in [0, 0.05) is 25.8 Å². The van der Waals surface area contributed by atoms with Gasteiger partial charge in [-0.25, -0.2) is 0 Å². The SMILES string of the molecule is CN(C)c1ccc(/C=N/N2C(=O)/C(=C\c3ccccc3[N+](=O)[O-])SC2=S)cc1. The third-order valence-corrected chi connectivity index (χ3v) is 5.21. The van der Waals surface area contributed by atoms with Gasteiger partial charge < -0.3 is 4.90 Å². The highest BCUT2D eigenvalue weighted by Gasteiger charge is 2.32. The van der Waals surface area contributed by atoms with Crippen molar-refractivity contribution >= 4 is 57.9 Å². The van der Waals surface area contributed by atoms with Crippen LogP contribution in [-0.4, -0.2) is 40.5 Å². The van der Waals surface area contributed by atoms with E-state index < -0.39 is 10.8 Å². The molecule has 3 rings (SSSR count). The molecule has 0 bridgehead atoms. The summed E-state index contributed by atoms with van der Waals surface area (Å²) < 4.78 is 0.274. The van der Waals surface area contributed by atoms with Gasteiger partial charge in [-0.15, -0.1) is 0 Å². The summed E-state index contributed by atoms with van der Waals surface area (Å²) in [5.74, 6) is -0.408. The Morgan fingerprint density at radius 2 is 1.86 bits per heavy atom. The molecule has 1 fully saturated rings. The summed E-state index contributed by atoms with van der Waals surface area (Å²) in [4.78, 5) is 25.6. The molecule has 1 heterocycles. The molecule has 1 aliphatic heterocycles. The average Bonchev–Trinajstić information content (AvgIpc) is 2.93. The van der Waals surface area contributed by atoms with Crippen molar-refractivity contribution in [1.29, 1.82) is 0 Å². The third-order valence-electron chi connectivity index (χ3n) is 3.93. The van der Waals surface area contributed by atoms with Crippen LogP contribution in [0.1, 0.15) is 11.1 Å². The second-order valence-corrected chi connectivity index (χ2v) is 7.72. The van der Waals surface area contributed by atoms with Crippen molar-refractivity contribution in [1.82, 2.24) is 5.01 Å². The molecule has 0 spiro atoms. The number of hydrogen-bond donors (Lipinski definition) is 0. The van der Waals surface area contributed by atoms with Crippen LogP contribution in [0, 0.1) is 10.1 Å². The average molecular weight is 412 g/mol. The van der Waals surface area contributed by atoms with Gasteiger partial charge in [0.05, 0.1) is 21.6 Å². The molecule has 1 amide bonds. The summed E-state index contributed by atoms with van der Waals surface area (Å²) in [5, 5.41) is 16.5. The number of nitro benzene ring substituents is 1. The largest absolute Gasteiger partial charge is 0.378 e. The molecule has 2 aromatic rings. The Hall–Kier alpha value is -3.04. The zero-order valence-corrected chi connectivity index (χ0v) is 16.7. The van der Waals surface area contributed by atoms with Gasteiger partial charge in [0.2, 0.25) is 0 Å². The first-order valence-corrected chi connectivity index (χ1v) is 9.42. The number of thioether (sulfide) groups is 1. The molecule has 7 nitrogen and oxygen atoms in total. The summed E-state index contributed by atoms with van der Waals surface area (Å²) in [6.07, 6.45) is 3.02. The third kappa shape index (κ3) is 4.26. The van der Waals surface area contributed by atoms with Crippen LogP contribution in [0.2, 0.25) is 0 Å². The normalized spacial score (nSPS) is 15.6. The van der Waals surface area contributed by atoms with Gasteiger partial charge in [-0.2, -0.15) is 10.1 Å². The zero-order valence-electron chi connectivity index (χ0n) is 15.1. The Kier molecular flexibility index (Phi) is 5.86. The maximum absolute atomic E-state index is 12.6. The first kappa shape index (κ1) is 19.7. The molecule has 0 aliphatic carbocycles. The number of para-hydroxylation sites is 1. The van der Waals surface area contributed by atoms with E-state index in [9.17, 15) is 14.9 Å². The van der Waals surface area contributed by atoms with Crippen molar-refractivity contribution < 1.29 is 9.72 Å². The van der Waals surface area contributed by atoms with E-state index in [4.69, 9.17) is 12.2 Å². The molecule has 142 valence electrons. The molecule has 2 aromatic carbocycles. The molecule has 1 aliphatic rings. The smallest absolute Gasteiger partial charge is 0.286 e. The van der Waals surface area contributed by atoms with Gasteiger partial charge in [-0.3, -0.25) is 14.9 Å². The second kappa shape index (κ2) is 8.32. The lowest BCUT2D eigenvalue weighted by Gasteiger charge is -2.12. The molecule has 0 N–H and O–H groups in total. The van der Waals surface area contributed by atoms with E-state index in [0.717, 1.165) is 28.0 Å². The summed E-state index contributed by atoms with van der Waals surface area (Å²) in [6, 6.07) is 13.9. The number of nitrogens with zero attached hydrogens (tertiary/aromatic N) is 4. The maximum atomic E-state index is 12.6. The van der Waals surface area contributed by atoms with Gasteiger partial charge in [0.1, 0.15) is 0 Å². The van der Waals surface area contributed by atoms with Crippen LogP contribution in [0.5, 0.6) is 0 Å². The van der Waals surface area contributed by atoms with E-state index in [1.807, 2.05) is 43.3 Å². The van der Waals surface area contributed by atoms with Crippen LogP contribution in [0.25, 0.3) is 6.08 Å². The lowest BCUT2D eigenvalue weighted by atomic mass is 10.1. The number of benzene rings is 2. The number of amides is 1. The van der Waals surface area contributed by atoms with Crippen LogP contribution < -0.4 is 4.90 Å². The Labute approximate surface area is 171 Å². The van der Waals surface area contributed by atoms with E-state index in [1.54, 1.807) is 24.4 Å². The van der Waals surface area contributed by atoms with Crippen LogP contribution in [-0.2, 0) is 4.79 Å². The molecular weight excluding hydrogens is 396 g/mol. The van der Waals surface area contributed by atoms with Crippen LogP contribution in [0.15, 0.2) is 58.5 Å². The number of nitro groups is 1. The Bertz CT molecular complexity index is 1000. The van der Waals surface area contributed by atoms with E-state index in [0.29, 0.717) is 10.5 Å². The molecule has 9 heteroatoms. The molecule has 0 radical (unpaired) electrons. The molecule has 0 aromatic heterocycles. The number of thiocarbonyl (C=S) groups is 1. The van der Waals surface area contributed by atoms with Gasteiger partial charge in [0.15, 0.2) is 4.32 Å². The first-order valence-electron chi connectivity index (χ1n) is 8.19. The highest BCUT2D eigenvalue weighted by molar-refractivity contribution is 8.26. The van der Waals surface area contributed by atoms with Crippen molar-refractivity contribution in [2.75, 3.05) is 19.0 Å². The minimum absolute atomic E-state index is 0.0720. The second-order valence-electron chi connectivity index (χ2n) is 6.04. The summed E-state index contributed by atoms with van der Waals surface area (Å²) in [5.41, 5.74) is 2.14. The van der Waals surface area contributed by atoms with E-state index >= 15 is 0 Å². The standard InChI is InChI=1S/C19H16N4O3S2/c1-21(2)15-9-7-13(8-10-15)12-20-22-18(24)17(28-19(22)27)11-14-5-3-4-6-16(14)23(25)26/h3-12H,1-2H3/b17-11+,20-12+. The fourth-order valence-corrected chi connectivity index (χ4v) is 3.62. The van der Waals surface area contributed by atoms with Gasteiger partial charge in [-0.05, 0) is 42.1 Å². The molecule has 0 saturated carbocycles. The van der Waals surface area contributed by atoms with Gasteiger partial charge in [0.25, 0.3) is 11.6 Å². The summed E-state index contributed by atoms with van der Waals surface area (Å²) >= 11 is 6.30. The quantitative estimate of drug-likeness (QED) is 0.244. The zero-order chi connectivity index (χ0) is 20.3. The number of anilines is 1. The van der Waals surface area contributed by atoms with E-state index in [2.05, 4.69) is 5.10 Å². The van der Waals surface area contributed by atoms with Crippen molar-refractivity contribution in [3.8, 4) is 0 Å². The number of hydrazone groups is 1. The number of hydrogen-bond acceptors (Lipinski definition) is 7. The topological polar surface area (TPSA) is 79.0 Å². The lowest BCUT2D eigenvalue weighted by molar-refractivity contribution is -0.385. The van der Waals surface area contributed by atoms with Gasteiger partial charge in [-0.1, -0.05) is 36.0 Å². The molecule has 0 unspecified atom stereocenters. The van der Waals surface area contributed by atoms with Gasteiger partial charge >= 0.3 is 0 Å². The first-order chi connectivity index (χ1) is 13.4. The predicted molar refractivity (Wildman–Crippen MR) is 116 cm³/mol. The Balaban J connectivity index is 1.81. The fourth-order valence-electron chi connectivity index (χ4n) is 2.46. The number of carbonyl (C=O) groups excluding carboxylic acids is 1. The number of carbonyl (C=O) groups is 1. The van der Waals surface area contributed by atoms with Crippen LogP contribution in [0.3, 0.4) is 0 Å². The maximum Gasteiger partial charge on any atom is 0.286 e. The molecular formula is C19H16N4O3S2. The highest BCUT2D eigenvalue weighted by Crippen LogP contribution is 2.34. The minimum atomic E-state index is -0.484. The van der Waals surface area contributed by atoms with Crippen LogP contribution in [0.4, 0.5) is 11.4 Å². The predicted octanol–water partition coefficient (Wildman–Crippen LogP) is 3.90. The fraction of sp³-hybridized carbons (Fsp3) is 0.105. The molecule has 28 heavy (non-hydrogen) atoms. The van der Waals surface area contributed by atoms with E-state index in [1.165, 1.54) is 12.1 Å². The van der Waals surface area contributed by atoms with Crippen molar-refractivity contribution in [2.24, 2.45) is 5.10 Å². The summed E-state index contributed by atoms with van der Waals surface area (Å²) in [7, 11) is 3.90. The monoisotopic (exact) mass is 412 g/mol. The van der Waals surface area contributed by atoms with Crippen molar-refractivity contribution in [3.05, 3.63) is 74.7 Å².